The Morgan fingerprint density at radius 2 is 1.93 bits per heavy atom. The predicted molar refractivity (Wildman–Crippen MR) is 106 cm³/mol. The molecule has 3 rings (SSSR count). The summed E-state index contributed by atoms with van der Waals surface area (Å²) in [6.07, 6.45) is 12.3. The average molecular weight is 396 g/mol. The lowest BCUT2D eigenvalue weighted by Gasteiger charge is -2.31. The van der Waals surface area contributed by atoms with Crippen molar-refractivity contribution < 1.29 is 9.53 Å². The first-order chi connectivity index (χ1) is 13.2. The minimum atomic E-state index is 0.187. The van der Waals surface area contributed by atoms with E-state index in [1.54, 1.807) is 18.9 Å². The van der Waals surface area contributed by atoms with Crippen molar-refractivity contribution in [3.63, 3.8) is 0 Å². The minimum Gasteiger partial charge on any atom is -0.379 e. The van der Waals surface area contributed by atoms with E-state index in [0.717, 1.165) is 43.0 Å². The average Bonchev–Trinajstić information content (AvgIpc) is 3.19. The first kappa shape index (κ1) is 20.6. The van der Waals surface area contributed by atoms with Crippen LogP contribution >= 0.6 is 11.8 Å². The Balaban J connectivity index is 1.44. The van der Waals surface area contributed by atoms with Crippen LogP contribution in [0.1, 0.15) is 76.7 Å². The molecule has 0 N–H and O–H groups in total. The van der Waals surface area contributed by atoms with Gasteiger partial charge in [0.15, 0.2) is 0 Å². The summed E-state index contributed by atoms with van der Waals surface area (Å²) in [5.74, 6) is 1.13. The molecule has 2 aliphatic rings. The van der Waals surface area contributed by atoms with Gasteiger partial charge in [0.05, 0.1) is 12.1 Å². The summed E-state index contributed by atoms with van der Waals surface area (Å²) < 4.78 is 7.59. The summed E-state index contributed by atoms with van der Waals surface area (Å²) in [5, 5.41) is 13.1. The Hall–Kier alpha value is -1.15. The lowest BCUT2D eigenvalue weighted by atomic mass is 9.92. The largest absolute Gasteiger partial charge is 0.379 e. The van der Waals surface area contributed by atoms with E-state index in [1.165, 1.54) is 32.1 Å². The second kappa shape index (κ2) is 10.4. The zero-order valence-electron chi connectivity index (χ0n) is 16.7. The first-order valence-corrected chi connectivity index (χ1v) is 11.4. The number of ether oxygens (including phenoxy) is 1. The molecule has 2 unspecified atom stereocenters. The fourth-order valence-corrected chi connectivity index (χ4v) is 5.23. The number of hydrogen-bond donors (Lipinski definition) is 0. The monoisotopic (exact) mass is 395 g/mol. The van der Waals surface area contributed by atoms with E-state index in [9.17, 15) is 4.79 Å². The molecule has 2 fully saturated rings. The molecule has 152 valence electrons. The quantitative estimate of drug-likeness (QED) is 0.496. The van der Waals surface area contributed by atoms with Gasteiger partial charge in [0.2, 0.25) is 11.1 Å². The normalized spacial score (nSPS) is 24.1. The maximum atomic E-state index is 12.5. The van der Waals surface area contributed by atoms with Crippen molar-refractivity contribution in [3.8, 4) is 0 Å². The highest BCUT2D eigenvalue weighted by Crippen LogP contribution is 2.32. The van der Waals surface area contributed by atoms with Crippen molar-refractivity contribution in [2.75, 3.05) is 19.9 Å². The van der Waals surface area contributed by atoms with Crippen molar-refractivity contribution in [1.82, 2.24) is 25.1 Å². The molecule has 1 aromatic heterocycles. The number of carbonyl (C=O) groups excluding carboxylic acids is 1. The molecular weight excluding hydrogens is 362 g/mol. The van der Waals surface area contributed by atoms with Gasteiger partial charge < -0.3 is 9.64 Å². The third kappa shape index (κ3) is 5.44. The molecule has 7 nitrogen and oxygen atoms in total. The Labute approximate surface area is 166 Å². The second-order valence-corrected chi connectivity index (χ2v) is 8.84. The maximum Gasteiger partial charge on any atom is 0.222 e. The zero-order valence-corrected chi connectivity index (χ0v) is 17.5. The topological polar surface area (TPSA) is 73.1 Å². The van der Waals surface area contributed by atoms with Crippen LogP contribution in [0.15, 0.2) is 5.16 Å². The Morgan fingerprint density at radius 1 is 1.19 bits per heavy atom. The fraction of sp³-hybridized carbons (Fsp3) is 0.895. The number of thioether (sulfide) groups is 1. The molecule has 2 saturated carbocycles. The van der Waals surface area contributed by atoms with Gasteiger partial charge in [-0.15, -0.1) is 5.10 Å². The van der Waals surface area contributed by atoms with Gasteiger partial charge in [-0.2, -0.15) is 0 Å². The van der Waals surface area contributed by atoms with Gasteiger partial charge in [-0.05, 0) is 42.5 Å². The van der Waals surface area contributed by atoms with Crippen LogP contribution in [0.25, 0.3) is 0 Å². The van der Waals surface area contributed by atoms with E-state index < -0.39 is 0 Å². The molecule has 0 radical (unpaired) electrons. The standard InChI is InChI=1S/C19H33N5O2S/c1-23(15-9-4-3-5-10-15)18(25)13-8-14-27-19-20-21-22-24(19)16-11-6-7-12-17(16)26-2/h15-17H,3-14H2,1-2H3. The van der Waals surface area contributed by atoms with E-state index >= 15 is 0 Å². The number of methoxy groups -OCH3 is 1. The van der Waals surface area contributed by atoms with Crippen LogP contribution < -0.4 is 0 Å². The molecule has 1 heterocycles. The highest BCUT2D eigenvalue weighted by Gasteiger charge is 2.29. The third-order valence-corrected chi connectivity index (χ3v) is 7.05. The van der Waals surface area contributed by atoms with Gasteiger partial charge in [0.1, 0.15) is 0 Å². The van der Waals surface area contributed by atoms with Crippen LogP contribution in [-0.4, -0.2) is 63.1 Å². The van der Waals surface area contributed by atoms with Crippen molar-refractivity contribution >= 4 is 17.7 Å². The number of nitrogens with zero attached hydrogens (tertiary/aromatic N) is 5. The van der Waals surface area contributed by atoms with Gasteiger partial charge in [-0.25, -0.2) is 4.68 Å². The van der Waals surface area contributed by atoms with Crippen LogP contribution in [0.2, 0.25) is 0 Å². The van der Waals surface area contributed by atoms with Crippen LogP contribution in [-0.2, 0) is 9.53 Å². The molecular formula is C19H33N5O2S. The van der Waals surface area contributed by atoms with Crippen molar-refractivity contribution in [3.05, 3.63) is 0 Å². The summed E-state index contributed by atoms with van der Waals surface area (Å²) in [7, 11) is 3.74. The highest BCUT2D eigenvalue weighted by molar-refractivity contribution is 7.99. The van der Waals surface area contributed by atoms with Crippen molar-refractivity contribution in [1.29, 1.82) is 0 Å². The van der Waals surface area contributed by atoms with Crippen molar-refractivity contribution in [2.45, 2.75) is 94.0 Å². The van der Waals surface area contributed by atoms with E-state index in [4.69, 9.17) is 4.74 Å². The summed E-state index contributed by atoms with van der Waals surface area (Å²) in [4.78, 5) is 14.4. The smallest absolute Gasteiger partial charge is 0.222 e. The molecule has 0 bridgehead atoms. The molecule has 8 heteroatoms. The van der Waals surface area contributed by atoms with E-state index in [1.807, 2.05) is 16.6 Å². The van der Waals surface area contributed by atoms with Crippen LogP contribution in [0, 0.1) is 0 Å². The van der Waals surface area contributed by atoms with Gasteiger partial charge >= 0.3 is 0 Å². The fourth-order valence-electron chi connectivity index (χ4n) is 4.36. The Bertz CT molecular complexity index is 590. The Kier molecular flexibility index (Phi) is 7.93. The minimum absolute atomic E-state index is 0.187. The summed E-state index contributed by atoms with van der Waals surface area (Å²) in [6, 6.07) is 0.670. The van der Waals surface area contributed by atoms with Crippen LogP contribution in [0.3, 0.4) is 0 Å². The molecule has 0 saturated heterocycles. The summed E-state index contributed by atoms with van der Waals surface area (Å²) >= 11 is 1.65. The van der Waals surface area contributed by atoms with Gasteiger partial charge in [-0.3, -0.25) is 4.79 Å². The second-order valence-electron chi connectivity index (χ2n) is 7.78. The Morgan fingerprint density at radius 3 is 2.70 bits per heavy atom. The molecule has 0 aromatic carbocycles. The van der Waals surface area contributed by atoms with Gasteiger partial charge in [0, 0.05) is 32.4 Å². The number of tetrazole rings is 1. The van der Waals surface area contributed by atoms with Crippen LogP contribution in [0.4, 0.5) is 0 Å². The molecule has 0 aliphatic heterocycles. The molecule has 0 spiro atoms. The zero-order chi connectivity index (χ0) is 19.1. The number of amides is 1. The number of carbonyl (C=O) groups is 1. The van der Waals surface area contributed by atoms with Gasteiger partial charge in [0.25, 0.3) is 0 Å². The predicted octanol–water partition coefficient (Wildman–Crippen LogP) is 3.47. The third-order valence-electron chi connectivity index (χ3n) is 6.03. The maximum absolute atomic E-state index is 12.5. The number of aromatic nitrogens is 4. The molecule has 1 amide bonds. The summed E-state index contributed by atoms with van der Waals surface area (Å²) in [6.45, 7) is 0. The first-order valence-electron chi connectivity index (χ1n) is 10.4. The van der Waals surface area contributed by atoms with E-state index in [-0.39, 0.29) is 18.1 Å². The summed E-state index contributed by atoms with van der Waals surface area (Å²) in [5.41, 5.74) is 0. The molecule has 2 atom stereocenters. The highest BCUT2D eigenvalue weighted by atomic mass is 32.2. The molecule has 27 heavy (non-hydrogen) atoms. The van der Waals surface area contributed by atoms with Crippen LogP contribution in [0.5, 0.6) is 0 Å². The lowest BCUT2D eigenvalue weighted by molar-refractivity contribution is -0.132. The SMILES string of the molecule is COC1CCCCC1n1nnnc1SCCCC(=O)N(C)C1CCCCC1. The van der Waals surface area contributed by atoms with Gasteiger partial charge in [-0.1, -0.05) is 43.9 Å². The van der Waals surface area contributed by atoms with Crippen molar-refractivity contribution in [2.24, 2.45) is 0 Å². The lowest BCUT2D eigenvalue weighted by Crippen LogP contribution is -2.38. The number of rotatable bonds is 8. The van der Waals surface area contributed by atoms with E-state index in [0.29, 0.717) is 12.5 Å². The molecule has 1 aromatic rings. The van der Waals surface area contributed by atoms with E-state index in [2.05, 4.69) is 15.5 Å². The molecule has 2 aliphatic carbocycles. The number of hydrogen-bond acceptors (Lipinski definition) is 6.